The summed E-state index contributed by atoms with van der Waals surface area (Å²) in [5, 5.41) is 0. The van der Waals surface area contributed by atoms with E-state index in [-0.39, 0.29) is 0 Å². The minimum absolute atomic E-state index is 0.795. The van der Waals surface area contributed by atoms with Gasteiger partial charge in [0.1, 0.15) is 12.1 Å². The fourth-order valence-corrected chi connectivity index (χ4v) is 2.15. The maximum atomic E-state index is 5.72. The molecule has 0 amide bonds. The average Bonchev–Trinajstić information content (AvgIpc) is 2.47. The van der Waals surface area contributed by atoms with Gasteiger partial charge in [0.25, 0.3) is 0 Å². The van der Waals surface area contributed by atoms with E-state index in [2.05, 4.69) is 46.9 Å². The third-order valence-electron chi connectivity index (χ3n) is 3.27. The van der Waals surface area contributed by atoms with Crippen molar-refractivity contribution < 1.29 is 0 Å². The molecular formula is C16H22N4. The van der Waals surface area contributed by atoms with Gasteiger partial charge in [-0.05, 0) is 31.0 Å². The minimum atomic E-state index is 0.795. The normalized spacial score (nSPS) is 10.5. The fourth-order valence-electron chi connectivity index (χ4n) is 2.15. The smallest absolute Gasteiger partial charge is 0.132 e. The second kappa shape index (κ2) is 6.89. The van der Waals surface area contributed by atoms with Crippen molar-refractivity contribution in [2.24, 2.45) is 0 Å². The van der Waals surface area contributed by atoms with Gasteiger partial charge >= 0.3 is 0 Å². The third kappa shape index (κ3) is 3.70. The number of benzene rings is 1. The Morgan fingerprint density at radius 2 is 1.85 bits per heavy atom. The molecule has 4 heteroatoms. The Balaban J connectivity index is 2.15. The number of hydrogen-bond donors (Lipinski definition) is 1. The quantitative estimate of drug-likeness (QED) is 0.820. The summed E-state index contributed by atoms with van der Waals surface area (Å²) >= 11 is 0. The van der Waals surface area contributed by atoms with Gasteiger partial charge < -0.3 is 10.6 Å². The second-order valence-corrected chi connectivity index (χ2v) is 4.87. The van der Waals surface area contributed by atoms with Crippen molar-refractivity contribution in [2.45, 2.75) is 33.2 Å². The fraction of sp³-hybridized carbons (Fsp3) is 0.375. The molecule has 0 spiro atoms. The van der Waals surface area contributed by atoms with Gasteiger partial charge in [0.05, 0.1) is 0 Å². The van der Waals surface area contributed by atoms with Crippen molar-refractivity contribution in [1.82, 2.24) is 9.97 Å². The molecule has 1 aromatic heterocycles. The van der Waals surface area contributed by atoms with Crippen molar-refractivity contribution in [1.29, 1.82) is 0 Å². The average molecular weight is 270 g/mol. The van der Waals surface area contributed by atoms with E-state index in [4.69, 9.17) is 5.73 Å². The lowest BCUT2D eigenvalue weighted by Gasteiger charge is -2.22. The number of nitrogens with zero attached hydrogens (tertiary/aromatic N) is 3. The van der Waals surface area contributed by atoms with Gasteiger partial charge in [0, 0.05) is 30.5 Å². The highest BCUT2D eigenvalue weighted by Gasteiger charge is 2.08. The predicted octanol–water partition coefficient (Wildman–Crippen LogP) is 3.04. The van der Waals surface area contributed by atoms with E-state index in [1.807, 2.05) is 12.1 Å². The van der Waals surface area contributed by atoms with Crippen LogP contribution in [-0.4, -0.2) is 16.5 Å². The monoisotopic (exact) mass is 270 g/mol. The predicted molar refractivity (Wildman–Crippen MR) is 83.6 cm³/mol. The van der Waals surface area contributed by atoms with Gasteiger partial charge in [-0.15, -0.1) is 0 Å². The molecule has 0 aliphatic rings. The van der Waals surface area contributed by atoms with Crippen LogP contribution in [0.4, 0.5) is 11.5 Å². The van der Waals surface area contributed by atoms with E-state index in [9.17, 15) is 0 Å². The highest BCUT2D eigenvalue weighted by atomic mass is 15.2. The van der Waals surface area contributed by atoms with E-state index < -0.39 is 0 Å². The zero-order valence-electron chi connectivity index (χ0n) is 12.2. The first-order valence-corrected chi connectivity index (χ1v) is 7.13. The summed E-state index contributed by atoms with van der Waals surface area (Å²) < 4.78 is 0. The molecule has 0 unspecified atom stereocenters. The number of nitrogen functional groups attached to an aromatic ring is 1. The first kappa shape index (κ1) is 14.3. The lowest BCUT2D eigenvalue weighted by atomic mass is 10.2. The summed E-state index contributed by atoms with van der Waals surface area (Å²) in [6, 6.07) is 10.1. The molecule has 1 heterocycles. The van der Waals surface area contributed by atoms with Crippen LogP contribution in [-0.2, 0) is 13.0 Å². The van der Waals surface area contributed by atoms with Crippen molar-refractivity contribution in [3.63, 3.8) is 0 Å². The van der Waals surface area contributed by atoms with E-state index in [1.54, 1.807) is 6.33 Å². The summed E-state index contributed by atoms with van der Waals surface area (Å²) in [4.78, 5) is 10.9. The molecule has 0 bridgehead atoms. The molecule has 0 fully saturated rings. The Bertz CT molecular complexity index is 536. The van der Waals surface area contributed by atoms with Crippen molar-refractivity contribution >= 4 is 11.5 Å². The molecule has 2 aromatic rings. The van der Waals surface area contributed by atoms with Crippen LogP contribution in [0.15, 0.2) is 36.7 Å². The van der Waals surface area contributed by atoms with E-state index >= 15 is 0 Å². The Labute approximate surface area is 120 Å². The highest BCUT2D eigenvalue weighted by molar-refractivity contribution is 5.43. The molecule has 20 heavy (non-hydrogen) atoms. The number of aromatic nitrogens is 2. The Kier molecular flexibility index (Phi) is 4.93. The second-order valence-electron chi connectivity index (χ2n) is 4.87. The summed E-state index contributed by atoms with van der Waals surface area (Å²) in [6.45, 7) is 6.04. The van der Waals surface area contributed by atoms with Crippen LogP contribution in [0.25, 0.3) is 0 Å². The van der Waals surface area contributed by atoms with Crippen LogP contribution in [0.5, 0.6) is 0 Å². The molecule has 106 valence electrons. The lowest BCUT2D eigenvalue weighted by Crippen LogP contribution is -2.23. The van der Waals surface area contributed by atoms with Crippen LogP contribution >= 0.6 is 0 Å². The summed E-state index contributed by atoms with van der Waals surface area (Å²) in [7, 11) is 0. The number of nitrogens with two attached hydrogens (primary N) is 1. The van der Waals surface area contributed by atoms with Gasteiger partial charge in [-0.1, -0.05) is 25.5 Å². The van der Waals surface area contributed by atoms with Crippen LogP contribution in [0.2, 0.25) is 0 Å². The Hall–Kier alpha value is -2.10. The van der Waals surface area contributed by atoms with Crippen molar-refractivity contribution in [2.75, 3.05) is 17.2 Å². The SMILES string of the molecule is CCCc1cc(N(CC)Cc2ccc(N)cc2)ncn1. The van der Waals surface area contributed by atoms with Gasteiger partial charge in [-0.3, -0.25) is 0 Å². The van der Waals surface area contributed by atoms with Gasteiger partial charge in [-0.25, -0.2) is 9.97 Å². The molecule has 0 saturated heterocycles. The maximum absolute atomic E-state index is 5.72. The standard InChI is InChI=1S/C16H22N4/c1-3-5-15-10-16(19-12-18-15)20(4-2)11-13-6-8-14(17)9-7-13/h6-10,12H,3-5,11,17H2,1-2H3. The first-order valence-electron chi connectivity index (χ1n) is 7.13. The largest absolute Gasteiger partial charge is 0.399 e. The number of hydrogen-bond acceptors (Lipinski definition) is 4. The highest BCUT2D eigenvalue weighted by Crippen LogP contribution is 2.16. The summed E-state index contributed by atoms with van der Waals surface area (Å²) in [5.41, 5.74) is 8.85. The number of rotatable bonds is 6. The molecule has 0 aliphatic carbocycles. The molecular weight excluding hydrogens is 248 g/mol. The minimum Gasteiger partial charge on any atom is -0.399 e. The van der Waals surface area contributed by atoms with Crippen LogP contribution in [0.3, 0.4) is 0 Å². The lowest BCUT2D eigenvalue weighted by molar-refractivity contribution is 0.798. The van der Waals surface area contributed by atoms with E-state index in [1.165, 1.54) is 5.56 Å². The van der Waals surface area contributed by atoms with Crippen molar-refractivity contribution in [3.05, 3.63) is 47.9 Å². The molecule has 0 aliphatic heterocycles. The number of anilines is 2. The molecule has 4 nitrogen and oxygen atoms in total. The number of aryl methyl sites for hydroxylation is 1. The Morgan fingerprint density at radius 1 is 1.10 bits per heavy atom. The van der Waals surface area contributed by atoms with Gasteiger partial charge in [0.2, 0.25) is 0 Å². The molecule has 2 N–H and O–H groups in total. The van der Waals surface area contributed by atoms with Crippen LogP contribution < -0.4 is 10.6 Å². The first-order chi connectivity index (χ1) is 9.72. The molecule has 0 saturated carbocycles. The molecule has 0 atom stereocenters. The molecule has 0 radical (unpaired) electrons. The Morgan fingerprint density at radius 3 is 2.50 bits per heavy atom. The summed E-state index contributed by atoms with van der Waals surface area (Å²) in [5.74, 6) is 0.989. The van der Waals surface area contributed by atoms with Crippen LogP contribution in [0, 0.1) is 0 Å². The zero-order valence-corrected chi connectivity index (χ0v) is 12.2. The van der Waals surface area contributed by atoms with Gasteiger partial charge in [0.15, 0.2) is 0 Å². The van der Waals surface area contributed by atoms with E-state index in [0.717, 1.165) is 43.1 Å². The maximum Gasteiger partial charge on any atom is 0.132 e. The molecule has 2 rings (SSSR count). The van der Waals surface area contributed by atoms with Crippen molar-refractivity contribution in [3.8, 4) is 0 Å². The third-order valence-corrected chi connectivity index (χ3v) is 3.27. The summed E-state index contributed by atoms with van der Waals surface area (Å²) in [6.07, 6.45) is 3.75. The van der Waals surface area contributed by atoms with Gasteiger partial charge in [-0.2, -0.15) is 0 Å². The van der Waals surface area contributed by atoms with Crippen LogP contribution in [0.1, 0.15) is 31.5 Å². The topological polar surface area (TPSA) is 55.0 Å². The zero-order chi connectivity index (χ0) is 14.4. The molecule has 1 aromatic carbocycles. The van der Waals surface area contributed by atoms with E-state index in [0.29, 0.717) is 0 Å².